The molecule has 3 N–H and O–H groups in total. The highest BCUT2D eigenvalue weighted by atomic mass is 32.2. The Morgan fingerprint density at radius 1 is 1.10 bits per heavy atom. The molecule has 2 aromatic carbocycles. The summed E-state index contributed by atoms with van der Waals surface area (Å²) in [5.74, 6) is 0.0487. The Hall–Kier alpha value is -3.13. The van der Waals surface area contributed by atoms with E-state index in [0.717, 1.165) is 22.9 Å². The summed E-state index contributed by atoms with van der Waals surface area (Å²) in [6.45, 7) is 6.22. The van der Waals surface area contributed by atoms with Crippen molar-refractivity contribution < 1.29 is 13.5 Å². The third kappa shape index (κ3) is 5.73. The van der Waals surface area contributed by atoms with Gasteiger partial charge in [-0.3, -0.25) is 9.52 Å². The third-order valence-corrected chi connectivity index (χ3v) is 5.56. The summed E-state index contributed by atoms with van der Waals surface area (Å²) in [4.78, 5) is 19.1. The van der Waals surface area contributed by atoms with Crippen LogP contribution in [0.2, 0.25) is 0 Å². The van der Waals surface area contributed by atoms with Crippen LogP contribution in [0.1, 0.15) is 37.5 Å². The van der Waals surface area contributed by atoms with Gasteiger partial charge in [0, 0.05) is 23.6 Å². The molecule has 8 heteroatoms. The van der Waals surface area contributed by atoms with Gasteiger partial charge in [-0.2, -0.15) is 0 Å². The minimum absolute atomic E-state index is 0.0487. The van der Waals surface area contributed by atoms with Crippen molar-refractivity contribution in [3.05, 3.63) is 75.8 Å². The van der Waals surface area contributed by atoms with E-state index in [1.807, 2.05) is 24.3 Å². The molecule has 7 nitrogen and oxygen atoms in total. The molecule has 0 amide bonds. The lowest BCUT2D eigenvalue weighted by Crippen LogP contribution is -2.14. The van der Waals surface area contributed by atoms with E-state index in [9.17, 15) is 18.3 Å². The number of nitrogens with zero attached hydrogens (tertiary/aromatic N) is 1. The van der Waals surface area contributed by atoms with Crippen molar-refractivity contribution in [3.63, 3.8) is 0 Å². The molecule has 0 saturated carbocycles. The Morgan fingerprint density at radius 2 is 1.77 bits per heavy atom. The normalized spacial score (nSPS) is 12.0. The smallest absolute Gasteiger partial charge is 0.274 e. The van der Waals surface area contributed by atoms with E-state index in [-0.39, 0.29) is 22.4 Å². The van der Waals surface area contributed by atoms with Crippen LogP contribution in [-0.2, 0) is 28.3 Å². The van der Waals surface area contributed by atoms with Crippen LogP contribution < -0.4 is 10.3 Å². The van der Waals surface area contributed by atoms with Crippen molar-refractivity contribution in [3.8, 4) is 17.0 Å². The molecule has 0 saturated heterocycles. The number of aryl methyl sites for hydroxylation is 2. The second-order valence-corrected chi connectivity index (χ2v) is 10.4. The van der Waals surface area contributed by atoms with Gasteiger partial charge in [0.15, 0.2) is 0 Å². The predicted octanol–water partition coefficient (Wildman–Crippen LogP) is 3.60. The van der Waals surface area contributed by atoms with Gasteiger partial charge in [0.05, 0.1) is 6.26 Å². The van der Waals surface area contributed by atoms with Crippen LogP contribution in [-0.4, -0.2) is 29.7 Å². The van der Waals surface area contributed by atoms with Gasteiger partial charge in [0.1, 0.15) is 11.4 Å². The van der Waals surface area contributed by atoms with Gasteiger partial charge in [-0.15, -0.1) is 0 Å². The maximum Gasteiger partial charge on any atom is 0.274 e. The summed E-state index contributed by atoms with van der Waals surface area (Å²) in [7, 11) is -3.32. The zero-order chi connectivity index (χ0) is 22.8. The zero-order valence-electron chi connectivity index (χ0n) is 18.1. The summed E-state index contributed by atoms with van der Waals surface area (Å²) < 4.78 is 25.1. The highest BCUT2D eigenvalue weighted by Crippen LogP contribution is 2.36. The standard InChI is InChI=1S/C23H27N3O4S/c1-23(2,3)17-13-16(21(27)19(14-17)20-22(28)25-12-11-24-20)8-5-15-6-9-18(10-7-15)26-31(4,29)30/h6-7,9-14,26-27H,5,8H2,1-4H3,(H,25,28). The highest BCUT2D eigenvalue weighted by molar-refractivity contribution is 7.92. The summed E-state index contributed by atoms with van der Waals surface area (Å²) in [5.41, 5.74) is 3.28. The molecule has 0 aliphatic rings. The Bertz CT molecular complexity index is 1240. The van der Waals surface area contributed by atoms with E-state index in [1.165, 1.54) is 12.4 Å². The van der Waals surface area contributed by atoms with E-state index in [0.29, 0.717) is 24.1 Å². The molecule has 0 unspecified atom stereocenters. The molecule has 31 heavy (non-hydrogen) atoms. The highest BCUT2D eigenvalue weighted by Gasteiger charge is 2.21. The summed E-state index contributed by atoms with van der Waals surface area (Å²) in [6.07, 6.45) is 5.24. The van der Waals surface area contributed by atoms with Gasteiger partial charge in [-0.05, 0) is 53.1 Å². The molecule has 0 atom stereocenters. The van der Waals surface area contributed by atoms with Crippen molar-refractivity contribution in [2.24, 2.45) is 0 Å². The predicted molar refractivity (Wildman–Crippen MR) is 123 cm³/mol. The molecule has 0 aliphatic carbocycles. The second kappa shape index (κ2) is 8.55. The SMILES string of the molecule is CC(C)(C)c1cc(CCc2ccc(NS(C)(=O)=O)cc2)c(O)c(-c2ncc[nH]c2=O)c1. The Morgan fingerprint density at radius 3 is 2.35 bits per heavy atom. The van der Waals surface area contributed by atoms with Crippen LogP contribution >= 0.6 is 0 Å². The first-order valence-electron chi connectivity index (χ1n) is 9.91. The fourth-order valence-corrected chi connectivity index (χ4v) is 3.84. The summed E-state index contributed by atoms with van der Waals surface area (Å²) >= 11 is 0. The van der Waals surface area contributed by atoms with Crippen molar-refractivity contribution in [1.82, 2.24) is 9.97 Å². The minimum Gasteiger partial charge on any atom is -0.507 e. The molecule has 0 aliphatic heterocycles. The monoisotopic (exact) mass is 441 g/mol. The van der Waals surface area contributed by atoms with E-state index in [1.54, 1.807) is 12.1 Å². The van der Waals surface area contributed by atoms with Gasteiger partial charge >= 0.3 is 0 Å². The Labute approximate surface area is 182 Å². The van der Waals surface area contributed by atoms with Gasteiger partial charge < -0.3 is 10.1 Å². The maximum atomic E-state index is 12.3. The molecule has 3 rings (SSSR count). The minimum atomic E-state index is -3.32. The first-order chi connectivity index (χ1) is 14.4. The molecule has 3 aromatic rings. The number of nitrogens with one attached hydrogen (secondary N) is 2. The number of rotatable bonds is 6. The van der Waals surface area contributed by atoms with E-state index >= 15 is 0 Å². The molecular weight excluding hydrogens is 414 g/mol. The first kappa shape index (κ1) is 22.6. The van der Waals surface area contributed by atoms with Gasteiger partial charge in [0.2, 0.25) is 10.0 Å². The number of aromatic hydroxyl groups is 1. The van der Waals surface area contributed by atoms with Crippen LogP contribution in [0.4, 0.5) is 5.69 Å². The number of aromatic amines is 1. The number of phenolic OH excluding ortho intramolecular Hbond substituents is 1. The Kier molecular flexibility index (Phi) is 6.22. The van der Waals surface area contributed by atoms with E-state index in [2.05, 4.69) is 35.5 Å². The summed E-state index contributed by atoms with van der Waals surface area (Å²) in [6, 6.07) is 10.9. The number of benzene rings is 2. The van der Waals surface area contributed by atoms with Crippen LogP contribution in [0.3, 0.4) is 0 Å². The van der Waals surface area contributed by atoms with E-state index < -0.39 is 10.0 Å². The average molecular weight is 442 g/mol. The van der Waals surface area contributed by atoms with Crippen molar-refractivity contribution in [2.45, 2.75) is 39.0 Å². The average Bonchev–Trinajstić information content (AvgIpc) is 2.67. The third-order valence-electron chi connectivity index (χ3n) is 4.96. The number of sulfonamides is 1. The fourth-order valence-electron chi connectivity index (χ4n) is 3.27. The lowest BCUT2D eigenvalue weighted by Gasteiger charge is -2.22. The van der Waals surface area contributed by atoms with Crippen molar-refractivity contribution in [1.29, 1.82) is 0 Å². The van der Waals surface area contributed by atoms with Crippen LogP contribution in [0, 0.1) is 0 Å². The molecule has 0 radical (unpaired) electrons. The van der Waals surface area contributed by atoms with Crippen LogP contribution in [0.25, 0.3) is 11.3 Å². The van der Waals surface area contributed by atoms with Gasteiger partial charge in [-0.25, -0.2) is 13.4 Å². The largest absolute Gasteiger partial charge is 0.507 e. The molecule has 164 valence electrons. The number of aromatic nitrogens is 2. The van der Waals surface area contributed by atoms with Crippen molar-refractivity contribution >= 4 is 15.7 Å². The van der Waals surface area contributed by atoms with Crippen LogP contribution in [0.5, 0.6) is 5.75 Å². The Balaban J connectivity index is 1.93. The lowest BCUT2D eigenvalue weighted by molar-refractivity contribution is 0.468. The molecule has 1 aromatic heterocycles. The number of phenols is 1. The van der Waals surface area contributed by atoms with E-state index in [4.69, 9.17) is 0 Å². The fraction of sp³-hybridized carbons (Fsp3) is 0.304. The van der Waals surface area contributed by atoms with Crippen molar-refractivity contribution in [2.75, 3.05) is 11.0 Å². The zero-order valence-corrected chi connectivity index (χ0v) is 18.9. The lowest BCUT2D eigenvalue weighted by atomic mass is 9.83. The molecular formula is C23H27N3O4S. The number of H-pyrrole nitrogens is 1. The van der Waals surface area contributed by atoms with Gasteiger partial charge in [0.25, 0.3) is 5.56 Å². The van der Waals surface area contributed by atoms with Crippen LogP contribution in [0.15, 0.2) is 53.6 Å². The van der Waals surface area contributed by atoms with Gasteiger partial charge in [-0.1, -0.05) is 39.0 Å². The molecule has 0 fully saturated rings. The number of hydrogen-bond acceptors (Lipinski definition) is 5. The summed E-state index contributed by atoms with van der Waals surface area (Å²) in [5, 5.41) is 10.9. The second-order valence-electron chi connectivity index (χ2n) is 8.62. The maximum absolute atomic E-state index is 12.3. The molecule has 0 spiro atoms. The number of anilines is 1. The number of hydrogen-bond donors (Lipinski definition) is 3. The topological polar surface area (TPSA) is 112 Å². The molecule has 1 heterocycles. The molecule has 0 bridgehead atoms. The quantitative estimate of drug-likeness (QED) is 0.541. The first-order valence-corrected chi connectivity index (χ1v) is 11.8.